The summed E-state index contributed by atoms with van der Waals surface area (Å²) >= 11 is 3.59. The molecule has 0 aliphatic heterocycles. The van der Waals surface area contributed by atoms with Crippen LogP contribution in [0.2, 0.25) is 0 Å². The second kappa shape index (κ2) is 27.5. The molecule has 3 aromatic carbocycles. The molecule has 0 bridgehead atoms. The summed E-state index contributed by atoms with van der Waals surface area (Å²) in [4.78, 5) is 42.7. The summed E-state index contributed by atoms with van der Waals surface area (Å²) in [6.45, 7) is 7.32. The van der Waals surface area contributed by atoms with Crippen LogP contribution >= 0.6 is 15.9 Å². The van der Waals surface area contributed by atoms with Crippen LogP contribution in [-0.4, -0.2) is 57.6 Å². The molecule has 6 rings (SSSR count). The van der Waals surface area contributed by atoms with Gasteiger partial charge >= 0.3 is 0 Å². The van der Waals surface area contributed by atoms with Gasteiger partial charge < -0.3 is 31.8 Å². The van der Waals surface area contributed by atoms with Crippen molar-refractivity contribution in [3.63, 3.8) is 0 Å². The zero-order valence-corrected chi connectivity index (χ0v) is 37.2. The lowest BCUT2D eigenvalue weighted by molar-refractivity contribution is -0.123. The zero-order chi connectivity index (χ0) is 43.7. The number of alkyl halides is 1. The van der Waals surface area contributed by atoms with Crippen LogP contribution in [0.15, 0.2) is 72.8 Å². The number of aromatic hydroxyl groups is 1. The largest absolute Gasteiger partial charge is 0.508 e. The molecule has 0 spiro atoms. The number of hydrogen-bond donors (Lipinski definition) is 5. The number of nitrogens with one attached hydrogen (secondary N) is 1. The van der Waals surface area contributed by atoms with E-state index in [9.17, 15) is 19.2 Å². The minimum Gasteiger partial charge on any atom is -0.508 e. The number of benzene rings is 3. The van der Waals surface area contributed by atoms with E-state index in [1.54, 1.807) is 52.0 Å². The fraction of sp³-hybridized carbons (Fsp3) is 0.532. The van der Waals surface area contributed by atoms with Crippen molar-refractivity contribution in [2.75, 3.05) is 0 Å². The Bertz CT molecular complexity index is 1630. The van der Waals surface area contributed by atoms with Gasteiger partial charge in [0.25, 0.3) is 0 Å². The molecule has 326 valence electrons. The Morgan fingerprint density at radius 2 is 1.00 bits per heavy atom. The SMILES string of the molecule is BrC1CCCCC1.CC(C)(N)C(N)=O.CC(C)(NCc1ccc(OC2CCCCC2)cc1)C(N)=O.O=Cc1ccc(O)cc1.O=Cc1ccc(OC2CCCCC2)cc1. The molecule has 3 aliphatic carbocycles. The molecule has 59 heavy (non-hydrogen) atoms. The smallest absolute Gasteiger partial charge is 0.237 e. The number of nitrogens with two attached hydrogens (primary N) is 3. The third-order valence-electron chi connectivity index (χ3n) is 10.2. The summed E-state index contributed by atoms with van der Waals surface area (Å²) in [7, 11) is 0. The third-order valence-corrected chi connectivity index (χ3v) is 11.1. The highest BCUT2D eigenvalue weighted by Gasteiger charge is 2.23. The Morgan fingerprint density at radius 1 is 0.644 bits per heavy atom. The number of ether oxygens (including phenoxy) is 2. The van der Waals surface area contributed by atoms with Gasteiger partial charge in [0.05, 0.1) is 23.3 Å². The van der Waals surface area contributed by atoms with Crippen molar-refractivity contribution < 1.29 is 33.8 Å². The van der Waals surface area contributed by atoms with Crippen molar-refractivity contribution in [1.82, 2.24) is 5.32 Å². The molecular weight excluding hydrogens is 812 g/mol. The minimum absolute atomic E-state index is 0.181. The maximum absolute atomic E-state index is 11.3. The monoisotopic (exact) mass is 880 g/mol. The van der Waals surface area contributed by atoms with Crippen LogP contribution in [-0.2, 0) is 16.1 Å². The molecule has 0 saturated heterocycles. The van der Waals surface area contributed by atoms with Crippen molar-refractivity contribution in [2.45, 2.75) is 159 Å². The van der Waals surface area contributed by atoms with Crippen LogP contribution in [0.25, 0.3) is 0 Å². The molecule has 2 amide bonds. The highest BCUT2D eigenvalue weighted by atomic mass is 79.9. The number of rotatable bonds is 11. The van der Waals surface area contributed by atoms with Crippen molar-refractivity contribution in [2.24, 2.45) is 17.2 Å². The van der Waals surface area contributed by atoms with Gasteiger partial charge in [-0.1, -0.05) is 60.2 Å². The summed E-state index contributed by atoms with van der Waals surface area (Å²) in [5.74, 6) is 1.17. The fourth-order valence-electron chi connectivity index (χ4n) is 6.08. The van der Waals surface area contributed by atoms with E-state index in [4.69, 9.17) is 31.8 Å². The van der Waals surface area contributed by atoms with Crippen molar-refractivity contribution in [3.05, 3.63) is 89.5 Å². The minimum atomic E-state index is -0.861. The van der Waals surface area contributed by atoms with E-state index in [-0.39, 0.29) is 11.7 Å². The Morgan fingerprint density at radius 3 is 1.32 bits per heavy atom. The number of carbonyl (C=O) groups excluding carboxylic acids is 4. The van der Waals surface area contributed by atoms with Crippen LogP contribution in [0.5, 0.6) is 17.2 Å². The highest BCUT2D eigenvalue weighted by Crippen LogP contribution is 2.25. The van der Waals surface area contributed by atoms with Gasteiger partial charge in [-0.3, -0.25) is 24.5 Å². The van der Waals surface area contributed by atoms with E-state index >= 15 is 0 Å². The molecule has 0 heterocycles. The average Bonchev–Trinajstić information content (AvgIpc) is 3.23. The molecular formula is C47H69BrN4O7. The van der Waals surface area contributed by atoms with Gasteiger partial charge in [0.1, 0.15) is 29.8 Å². The second-order valence-corrected chi connectivity index (χ2v) is 17.8. The molecule has 0 atom stereocenters. The van der Waals surface area contributed by atoms with Gasteiger partial charge in [-0.15, -0.1) is 0 Å². The van der Waals surface area contributed by atoms with Gasteiger partial charge in [0, 0.05) is 22.5 Å². The molecule has 8 N–H and O–H groups in total. The number of hydrogen-bond acceptors (Lipinski definition) is 9. The van der Waals surface area contributed by atoms with Crippen LogP contribution in [0.1, 0.15) is 150 Å². The molecule has 11 nitrogen and oxygen atoms in total. The highest BCUT2D eigenvalue weighted by molar-refractivity contribution is 9.09. The number of phenolic OH excluding ortho intramolecular Hbond substituents is 1. The first-order chi connectivity index (χ1) is 28.0. The second-order valence-electron chi connectivity index (χ2n) is 16.5. The van der Waals surface area contributed by atoms with Crippen LogP contribution in [0, 0.1) is 0 Å². The van der Waals surface area contributed by atoms with Crippen LogP contribution in [0.3, 0.4) is 0 Å². The van der Waals surface area contributed by atoms with E-state index < -0.39 is 17.0 Å². The normalized spacial score (nSPS) is 16.0. The van der Waals surface area contributed by atoms with E-state index in [0.29, 0.717) is 29.9 Å². The van der Waals surface area contributed by atoms with Crippen molar-refractivity contribution >= 4 is 40.3 Å². The molecule has 3 aliphatic rings. The standard InChI is InChI=1S/C17H26N2O2.C13H16O2.C7H6O2.C6H11Br.C4H10N2O/c1-17(2,16(18)20)19-12-13-8-10-15(11-9-13)21-14-6-4-3-5-7-14;14-10-11-6-8-13(9-7-11)15-12-4-2-1-3-5-12;8-5-6-1-3-7(9)4-2-6;7-6-4-2-1-3-5-6;1-4(2,6)3(5)7/h8-11,14,19H,3-7,12H2,1-2H3,(H2,18,20);6-10,12H,1-5H2;1-5,9H;6H,1-5H2;6H2,1-2H3,(H2,5,7). The third kappa shape index (κ3) is 22.6. The van der Waals surface area contributed by atoms with E-state index in [2.05, 4.69) is 21.2 Å². The molecule has 12 heteroatoms. The Hall–Kier alpha value is -4.26. The average molecular weight is 882 g/mol. The summed E-state index contributed by atoms with van der Waals surface area (Å²) in [5.41, 5.74) is 16.2. The summed E-state index contributed by atoms with van der Waals surface area (Å²) in [5, 5.41) is 11.9. The predicted molar refractivity (Wildman–Crippen MR) is 240 cm³/mol. The number of amides is 2. The summed E-state index contributed by atoms with van der Waals surface area (Å²) < 4.78 is 11.8. The summed E-state index contributed by atoms with van der Waals surface area (Å²) in [6.07, 6.45) is 21.9. The first-order valence-corrected chi connectivity index (χ1v) is 21.9. The lowest BCUT2D eigenvalue weighted by Gasteiger charge is -2.24. The van der Waals surface area contributed by atoms with Gasteiger partial charge in [-0.25, -0.2) is 0 Å². The molecule has 0 unspecified atom stereocenters. The van der Waals surface area contributed by atoms with Gasteiger partial charge in [-0.05, 0) is 158 Å². The Kier molecular flexibility index (Phi) is 23.7. The quantitative estimate of drug-likeness (QED) is 0.0922. The molecule has 3 fully saturated rings. The first-order valence-electron chi connectivity index (χ1n) is 21.0. The molecule has 3 saturated carbocycles. The number of carbonyl (C=O) groups is 4. The zero-order valence-electron chi connectivity index (χ0n) is 35.6. The maximum atomic E-state index is 11.3. The van der Waals surface area contributed by atoms with E-state index in [1.807, 2.05) is 36.4 Å². The molecule has 3 aromatic rings. The maximum Gasteiger partial charge on any atom is 0.237 e. The molecule has 0 radical (unpaired) electrons. The summed E-state index contributed by atoms with van der Waals surface area (Å²) in [6, 6.07) is 21.5. The van der Waals surface area contributed by atoms with Gasteiger partial charge in [0.15, 0.2) is 0 Å². The Balaban J connectivity index is 0.000000275. The number of phenols is 1. The van der Waals surface area contributed by atoms with Crippen molar-refractivity contribution in [1.29, 1.82) is 0 Å². The van der Waals surface area contributed by atoms with E-state index in [1.165, 1.54) is 82.8 Å². The lowest BCUT2D eigenvalue weighted by atomic mass is 9.98. The number of halogens is 1. The number of aldehydes is 2. The number of primary amides is 2. The van der Waals surface area contributed by atoms with Crippen LogP contribution < -0.4 is 32.0 Å². The van der Waals surface area contributed by atoms with Gasteiger partial charge in [0.2, 0.25) is 11.8 Å². The first kappa shape index (κ1) is 50.9. The van der Waals surface area contributed by atoms with Crippen molar-refractivity contribution in [3.8, 4) is 17.2 Å². The van der Waals surface area contributed by atoms with Gasteiger partial charge in [-0.2, -0.15) is 0 Å². The lowest BCUT2D eigenvalue weighted by Crippen LogP contribution is -2.50. The van der Waals surface area contributed by atoms with E-state index in [0.717, 1.165) is 60.1 Å². The predicted octanol–water partition coefficient (Wildman–Crippen LogP) is 9.09. The topological polar surface area (TPSA) is 197 Å². The Labute approximate surface area is 360 Å². The van der Waals surface area contributed by atoms with Crippen LogP contribution in [0.4, 0.5) is 0 Å². The fourth-order valence-corrected chi connectivity index (χ4v) is 6.72. The molecule has 0 aromatic heterocycles.